The summed E-state index contributed by atoms with van der Waals surface area (Å²) in [5.41, 5.74) is 3.05. The minimum atomic E-state index is -0.236. The molecule has 0 bridgehead atoms. The molecule has 0 unspecified atom stereocenters. The summed E-state index contributed by atoms with van der Waals surface area (Å²) in [4.78, 5) is 14.3. The Bertz CT molecular complexity index is 683. The van der Waals surface area contributed by atoms with E-state index in [0.29, 0.717) is 17.3 Å². The van der Waals surface area contributed by atoms with Crippen molar-refractivity contribution in [1.82, 2.24) is 10.2 Å². The molecule has 1 saturated heterocycles. The van der Waals surface area contributed by atoms with Crippen molar-refractivity contribution in [3.05, 3.63) is 64.7 Å². The first kappa shape index (κ1) is 17.7. The molecule has 1 fully saturated rings. The number of urea groups is 1. The molecule has 6 heteroatoms. The third-order valence-corrected chi connectivity index (χ3v) is 4.34. The number of carbonyl (C=O) groups excluding carboxylic acids is 1. The van der Waals surface area contributed by atoms with E-state index in [2.05, 4.69) is 39.8 Å². The first-order valence-electron chi connectivity index (χ1n) is 8.37. The molecule has 1 aliphatic heterocycles. The summed E-state index contributed by atoms with van der Waals surface area (Å²) in [7, 11) is 0. The molecule has 0 spiro atoms. The largest absolute Gasteiger partial charge is 0.379 e. The number of hydrogen-bond donors (Lipinski definition) is 2. The lowest BCUT2D eigenvalue weighted by molar-refractivity contribution is 0.0342. The van der Waals surface area contributed by atoms with Gasteiger partial charge < -0.3 is 15.4 Å². The van der Waals surface area contributed by atoms with E-state index in [-0.39, 0.29) is 6.03 Å². The lowest BCUT2D eigenvalue weighted by atomic mass is 10.1. The molecule has 2 amide bonds. The van der Waals surface area contributed by atoms with Crippen LogP contribution in [-0.4, -0.2) is 37.2 Å². The molecule has 0 aromatic heterocycles. The van der Waals surface area contributed by atoms with Crippen LogP contribution in [0.3, 0.4) is 0 Å². The quantitative estimate of drug-likeness (QED) is 0.859. The molecule has 1 aliphatic rings. The summed E-state index contributed by atoms with van der Waals surface area (Å²) in [6, 6.07) is 15.1. The SMILES string of the molecule is O=C(NCc1ccc(CN2CCOCC2)cc1)Nc1ccc(Cl)cc1. The molecular formula is C19H22ClN3O2. The Labute approximate surface area is 152 Å². The second-order valence-corrected chi connectivity index (χ2v) is 6.46. The average molecular weight is 360 g/mol. The standard InChI is InChI=1S/C19H22ClN3O2/c20-17-5-7-18(8-6-17)22-19(24)21-13-15-1-3-16(4-2-15)14-23-9-11-25-12-10-23/h1-8H,9-14H2,(H2,21,22,24). The predicted molar refractivity (Wildman–Crippen MR) is 99.8 cm³/mol. The van der Waals surface area contributed by atoms with E-state index in [1.165, 1.54) is 5.56 Å². The molecule has 3 rings (SSSR count). The average Bonchev–Trinajstić information content (AvgIpc) is 2.64. The lowest BCUT2D eigenvalue weighted by Crippen LogP contribution is -2.35. The van der Waals surface area contributed by atoms with Gasteiger partial charge in [0.05, 0.1) is 13.2 Å². The van der Waals surface area contributed by atoms with Crippen molar-refractivity contribution in [2.24, 2.45) is 0 Å². The fraction of sp³-hybridized carbons (Fsp3) is 0.316. The summed E-state index contributed by atoms with van der Waals surface area (Å²) >= 11 is 5.83. The van der Waals surface area contributed by atoms with Crippen molar-refractivity contribution >= 4 is 23.3 Å². The number of carbonyl (C=O) groups is 1. The van der Waals surface area contributed by atoms with Gasteiger partial charge in [-0.2, -0.15) is 0 Å². The van der Waals surface area contributed by atoms with Gasteiger partial charge in [0.2, 0.25) is 0 Å². The van der Waals surface area contributed by atoms with Crippen LogP contribution in [0.1, 0.15) is 11.1 Å². The van der Waals surface area contributed by atoms with Crippen molar-refractivity contribution in [2.45, 2.75) is 13.1 Å². The van der Waals surface area contributed by atoms with Crippen molar-refractivity contribution < 1.29 is 9.53 Å². The van der Waals surface area contributed by atoms with Crippen LogP contribution in [0.5, 0.6) is 0 Å². The zero-order chi connectivity index (χ0) is 17.5. The Morgan fingerprint density at radius 2 is 1.64 bits per heavy atom. The van der Waals surface area contributed by atoms with Crippen LogP contribution in [0.2, 0.25) is 5.02 Å². The maximum absolute atomic E-state index is 11.9. The monoisotopic (exact) mass is 359 g/mol. The van der Waals surface area contributed by atoms with E-state index in [4.69, 9.17) is 16.3 Å². The maximum atomic E-state index is 11.9. The molecule has 0 atom stereocenters. The molecule has 1 heterocycles. The van der Waals surface area contributed by atoms with Crippen LogP contribution in [0.15, 0.2) is 48.5 Å². The summed E-state index contributed by atoms with van der Waals surface area (Å²) < 4.78 is 5.36. The van der Waals surface area contributed by atoms with Gasteiger partial charge in [-0.3, -0.25) is 4.90 Å². The Kier molecular flexibility index (Phi) is 6.28. The molecule has 5 nitrogen and oxygen atoms in total. The minimum Gasteiger partial charge on any atom is -0.379 e. The van der Waals surface area contributed by atoms with Crippen molar-refractivity contribution in [1.29, 1.82) is 0 Å². The fourth-order valence-corrected chi connectivity index (χ4v) is 2.80. The van der Waals surface area contributed by atoms with Crippen molar-refractivity contribution in [3.8, 4) is 0 Å². The van der Waals surface area contributed by atoms with Crippen molar-refractivity contribution in [3.63, 3.8) is 0 Å². The van der Waals surface area contributed by atoms with E-state index in [1.54, 1.807) is 24.3 Å². The van der Waals surface area contributed by atoms with E-state index >= 15 is 0 Å². The highest BCUT2D eigenvalue weighted by Gasteiger charge is 2.10. The molecule has 2 aromatic carbocycles. The molecular weight excluding hydrogens is 338 g/mol. The molecule has 2 aromatic rings. The number of ether oxygens (including phenoxy) is 1. The number of benzene rings is 2. The fourth-order valence-electron chi connectivity index (χ4n) is 2.67. The van der Waals surface area contributed by atoms with Crippen LogP contribution in [0.25, 0.3) is 0 Å². The number of amides is 2. The van der Waals surface area contributed by atoms with E-state index in [9.17, 15) is 4.79 Å². The summed E-state index contributed by atoms with van der Waals surface area (Å²) in [6.45, 7) is 5.00. The zero-order valence-corrected chi connectivity index (χ0v) is 14.8. The smallest absolute Gasteiger partial charge is 0.319 e. The second kappa shape index (κ2) is 8.85. The number of nitrogens with one attached hydrogen (secondary N) is 2. The Hall–Kier alpha value is -2.08. The Balaban J connectivity index is 1.44. The number of halogens is 1. The molecule has 2 N–H and O–H groups in total. The third-order valence-electron chi connectivity index (χ3n) is 4.09. The first-order valence-corrected chi connectivity index (χ1v) is 8.75. The van der Waals surface area contributed by atoms with E-state index in [1.807, 2.05) is 0 Å². The number of nitrogens with zero attached hydrogens (tertiary/aromatic N) is 1. The Morgan fingerprint density at radius 1 is 1.00 bits per heavy atom. The molecule has 0 aliphatic carbocycles. The number of anilines is 1. The second-order valence-electron chi connectivity index (χ2n) is 6.02. The van der Waals surface area contributed by atoms with Gasteiger partial charge in [0, 0.05) is 36.9 Å². The van der Waals surface area contributed by atoms with Gasteiger partial charge in [0.25, 0.3) is 0 Å². The number of hydrogen-bond acceptors (Lipinski definition) is 3. The summed E-state index contributed by atoms with van der Waals surface area (Å²) in [6.07, 6.45) is 0. The highest BCUT2D eigenvalue weighted by molar-refractivity contribution is 6.30. The van der Waals surface area contributed by atoms with Crippen LogP contribution in [0, 0.1) is 0 Å². The zero-order valence-electron chi connectivity index (χ0n) is 14.0. The van der Waals surface area contributed by atoms with Crippen LogP contribution in [-0.2, 0) is 17.8 Å². The highest BCUT2D eigenvalue weighted by atomic mass is 35.5. The lowest BCUT2D eigenvalue weighted by Gasteiger charge is -2.26. The minimum absolute atomic E-state index is 0.236. The van der Waals surface area contributed by atoms with Gasteiger partial charge in [-0.25, -0.2) is 4.79 Å². The normalized spacial score (nSPS) is 14.9. The van der Waals surface area contributed by atoms with Gasteiger partial charge in [-0.1, -0.05) is 35.9 Å². The van der Waals surface area contributed by atoms with Gasteiger partial charge in [-0.15, -0.1) is 0 Å². The molecule has 132 valence electrons. The maximum Gasteiger partial charge on any atom is 0.319 e. The highest BCUT2D eigenvalue weighted by Crippen LogP contribution is 2.13. The molecule has 0 saturated carbocycles. The van der Waals surface area contributed by atoms with Gasteiger partial charge in [0.15, 0.2) is 0 Å². The molecule has 25 heavy (non-hydrogen) atoms. The predicted octanol–water partition coefficient (Wildman–Crippen LogP) is 3.49. The van der Waals surface area contributed by atoms with Gasteiger partial charge >= 0.3 is 6.03 Å². The van der Waals surface area contributed by atoms with Gasteiger partial charge in [0.1, 0.15) is 0 Å². The topological polar surface area (TPSA) is 53.6 Å². The van der Waals surface area contributed by atoms with E-state index in [0.717, 1.165) is 38.4 Å². The number of rotatable bonds is 5. The summed E-state index contributed by atoms with van der Waals surface area (Å²) in [5.74, 6) is 0. The van der Waals surface area contributed by atoms with E-state index < -0.39 is 0 Å². The van der Waals surface area contributed by atoms with Crippen LogP contribution < -0.4 is 10.6 Å². The molecule has 0 radical (unpaired) electrons. The van der Waals surface area contributed by atoms with Crippen LogP contribution in [0.4, 0.5) is 10.5 Å². The first-order chi connectivity index (χ1) is 12.2. The summed E-state index contributed by atoms with van der Waals surface area (Å²) in [5, 5.41) is 6.27. The Morgan fingerprint density at radius 3 is 2.32 bits per heavy atom. The number of morpholine rings is 1. The third kappa shape index (κ3) is 5.74. The van der Waals surface area contributed by atoms with Crippen LogP contribution >= 0.6 is 11.6 Å². The van der Waals surface area contributed by atoms with Crippen molar-refractivity contribution in [2.75, 3.05) is 31.6 Å². The van der Waals surface area contributed by atoms with Gasteiger partial charge in [-0.05, 0) is 35.4 Å².